The van der Waals surface area contributed by atoms with E-state index in [0.717, 1.165) is 19.3 Å². The van der Waals surface area contributed by atoms with Crippen molar-refractivity contribution in [2.75, 3.05) is 6.61 Å². The van der Waals surface area contributed by atoms with Crippen LogP contribution in [0.25, 0.3) is 0 Å². The molecule has 0 heterocycles. The highest BCUT2D eigenvalue weighted by Crippen LogP contribution is 2.49. The van der Waals surface area contributed by atoms with Crippen LogP contribution in [0.1, 0.15) is 60.8 Å². The van der Waals surface area contributed by atoms with Crippen LogP contribution in [-0.2, 0) is 4.74 Å². The van der Waals surface area contributed by atoms with Gasteiger partial charge in [-0.25, -0.2) is 0 Å². The van der Waals surface area contributed by atoms with Gasteiger partial charge in [0.1, 0.15) is 0 Å². The highest BCUT2D eigenvalue weighted by Gasteiger charge is 2.45. The molecule has 120 valence electrons. The average molecular weight is 294 g/mol. The molecule has 0 saturated heterocycles. The molecule has 0 bridgehead atoms. The summed E-state index contributed by atoms with van der Waals surface area (Å²) in [7, 11) is 5.02. The maximum Gasteiger partial charge on any atom is 0.235 e. The summed E-state index contributed by atoms with van der Waals surface area (Å²) in [5.74, 6) is 0.315. The van der Waals surface area contributed by atoms with Gasteiger partial charge in [0.2, 0.25) is 13.7 Å². The summed E-state index contributed by atoms with van der Waals surface area (Å²) >= 11 is 0. The Bertz CT molecular complexity index is 330. The number of rotatable bonds is 3. The van der Waals surface area contributed by atoms with Crippen molar-refractivity contribution >= 4 is 13.7 Å². The van der Waals surface area contributed by atoms with Gasteiger partial charge in [-0.05, 0) is 47.8 Å². The zero-order valence-electron chi connectivity index (χ0n) is 14.5. The maximum atomic E-state index is 10.8. The molecular weight excluding hydrogens is 263 g/mol. The quantitative estimate of drug-likeness (QED) is 0.806. The van der Waals surface area contributed by atoms with Crippen molar-refractivity contribution in [1.29, 1.82) is 0 Å². The van der Waals surface area contributed by atoms with E-state index in [2.05, 4.69) is 41.5 Å². The molecule has 0 aliphatic heterocycles. The van der Waals surface area contributed by atoms with Gasteiger partial charge >= 0.3 is 0 Å². The van der Waals surface area contributed by atoms with Crippen LogP contribution in [0.2, 0.25) is 0 Å². The lowest BCUT2D eigenvalue weighted by atomic mass is 9.58. The first-order chi connectivity index (χ1) is 9.43. The van der Waals surface area contributed by atoms with Gasteiger partial charge in [-0.2, -0.15) is 0 Å². The zero-order chi connectivity index (χ0) is 16.4. The van der Waals surface area contributed by atoms with Crippen molar-refractivity contribution < 1.29 is 14.6 Å². The van der Waals surface area contributed by atoms with Crippen molar-refractivity contribution in [2.24, 2.45) is 28.6 Å². The van der Waals surface area contributed by atoms with Gasteiger partial charge < -0.3 is 9.84 Å². The highest BCUT2D eigenvalue weighted by molar-refractivity contribution is 6.55. The van der Waals surface area contributed by atoms with Crippen molar-refractivity contribution in [2.45, 2.75) is 66.9 Å². The van der Waals surface area contributed by atoms with Gasteiger partial charge in [-0.3, -0.25) is 4.79 Å². The monoisotopic (exact) mass is 294 g/mol. The molecule has 2 unspecified atom stereocenters. The van der Waals surface area contributed by atoms with E-state index in [9.17, 15) is 9.90 Å². The summed E-state index contributed by atoms with van der Waals surface area (Å²) in [5, 5.41) is 10.8. The first-order valence-electron chi connectivity index (χ1n) is 8.03. The van der Waals surface area contributed by atoms with E-state index in [1.165, 1.54) is 0 Å². The fraction of sp³-hybridized carbons (Fsp3) is 0.941. The molecule has 1 rings (SSSR count). The summed E-state index contributed by atoms with van der Waals surface area (Å²) in [4.78, 5) is 10.7. The molecule has 2 radical (unpaired) electrons. The fourth-order valence-corrected chi connectivity index (χ4v) is 3.67. The number of hydrogen-bond donors (Lipinski definition) is 1. The third-order valence-electron chi connectivity index (χ3n) is 4.99. The second kappa shape index (κ2) is 6.72. The summed E-state index contributed by atoms with van der Waals surface area (Å²) < 4.78 is 4.89. The number of hydrogen-bond acceptors (Lipinski definition) is 3. The largest absolute Gasteiger partial charge is 0.475 e. The average Bonchev–Trinajstić information content (AvgIpc) is 2.27. The Balaban J connectivity index is 2.81. The SMILES string of the molecule is [B]C(=O)OCCC1CC(C(C)(C)C)C(O)C(C(C)(C)C)C1. The third-order valence-corrected chi connectivity index (χ3v) is 4.99. The Morgan fingerprint density at radius 3 is 1.86 bits per heavy atom. The first-order valence-corrected chi connectivity index (χ1v) is 8.03. The molecule has 4 heteroatoms. The number of ether oxygens (including phenoxy) is 1. The second-order valence-corrected chi connectivity index (χ2v) is 8.73. The van der Waals surface area contributed by atoms with Crippen LogP contribution < -0.4 is 0 Å². The topological polar surface area (TPSA) is 46.5 Å². The molecule has 0 aromatic heterocycles. The molecule has 1 N–H and O–H groups in total. The molecule has 1 saturated carbocycles. The molecule has 1 aliphatic rings. The zero-order valence-corrected chi connectivity index (χ0v) is 14.5. The van der Waals surface area contributed by atoms with Crippen LogP contribution >= 0.6 is 0 Å². The van der Waals surface area contributed by atoms with Gasteiger partial charge in [-0.15, -0.1) is 0 Å². The molecule has 1 aliphatic carbocycles. The van der Waals surface area contributed by atoms with Crippen molar-refractivity contribution in [3.05, 3.63) is 0 Å². The lowest BCUT2D eigenvalue weighted by Gasteiger charge is -2.49. The lowest BCUT2D eigenvalue weighted by Crippen LogP contribution is -2.47. The van der Waals surface area contributed by atoms with E-state index < -0.39 is 5.87 Å². The van der Waals surface area contributed by atoms with Gasteiger partial charge in [0, 0.05) is 0 Å². The minimum Gasteiger partial charge on any atom is -0.475 e. The van der Waals surface area contributed by atoms with Gasteiger partial charge in [-0.1, -0.05) is 41.5 Å². The molecule has 0 aromatic rings. The summed E-state index contributed by atoms with van der Waals surface area (Å²) in [6.45, 7) is 13.6. The molecule has 0 amide bonds. The van der Waals surface area contributed by atoms with E-state index in [4.69, 9.17) is 12.6 Å². The molecular formula is C17H31BO3. The molecule has 1 fully saturated rings. The van der Waals surface area contributed by atoms with E-state index >= 15 is 0 Å². The van der Waals surface area contributed by atoms with Crippen molar-refractivity contribution in [1.82, 2.24) is 0 Å². The van der Waals surface area contributed by atoms with Gasteiger partial charge in [0.25, 0.3) is 0 Å². The second-order valence-electron chi connectivity index (χ2n) is 8.73. The number of aliphatic hydroxyl groups is 1. The van der Waals surface area contributed by atoms with Crippen molar-refractivity contribution in [3.63, 3.8) is 0 Å². The minimum atomic E-state index is -0.703. The standard InChI is InChI=1S/C17H31BO3/c1-16(2,3)12-9-11(7-8-21-15(18)20)10-13(14(12)19)17(4,5)6/h11-14,19H,7-10H2,1-6H3. The van der Waals surface area contributed by atoms with Crippen LogP contribution in [0.4, 0.5) is 4.79 Å². The third kappa shape index (κ3) is 5.32. The number of aliphatic hydroxyl groups excluding tert-OH is 1. The molecule has 21 heavy (non-hydrogen) atoms. The van der Waals surface area contributed by atoms with Crippen LogP contribution in [0, 0.1) is 28.6 Å². The van der Waals surface area contributed by atoms with Crippen LogP contribution in [-0.4, -0.2) is 31.5 Å². The minimum absolute atomic E-state index is 0.0755. The highest BCUT2D eigenvalue weighted by atomic mass is 16.5. The summed E-state index contributed by atoms with van der Waals surface area (Å²) in [6, 6.07) is 0. The van der Waals surface area contributed by atoms with E-state index in [0.29, 0.717) is 12.5 Å². The van der Waals surface area contributed by atoms with E-state index in [1.54, 1.807) is 0 Å². The molecule has 2 atom stereocenters. The van der Waals surface area contributed by atoms with Gasteiger partial charge in [0.15, 0.2) is 0 Å². The van der Waals surface area contributed by atoms with Gasteiger partial charge in [0.05, 0.1) is 12.7 Å². The van der Waals surface area contributed by atoms with Crippen LogP contribution in [0.15, 0.2) is 0 Å². The Morgan fingerprint density at radius 1 is 1.10 bits per heavy atom. The number of carbonyl (C=O) groups excluding carboxylic acids is 1. The summed E-state index contributed by atoms with van der Waals surface area (Å²) in [6.07, 6.45) is 2.53. The Morgan fingerprint density at radius 2 is 1.52 bits per heavy atom. The first kappa shape index (κ1) is 18.5. The van der Waals surface area contributed by atoms with E-state index in [-0.39, 0.29) is 28.8 Å². The predicted octanol–water partition coefficient (Wildman–Crippen LogP) is 3.78. The van der Waals surface area contributed by atoms with Crippen LogP contribution in [0.5, 0.6) is 0 Å². The summed E-state index contributed by atoms with van der Waals surface area (Å²) in [5.41, 5.74) is 0.151. The van der Waals surface area contributed by atoms with E-state index in [1.807, 2.05) is 0 Å². The normalized spacial score (nSPS) is 31.0. The maximum absolute atomic E-state index is 10.8. The Kier molecular flexibility index (Phi) is 5.94. The smallest absolute Gasteiger partial charge is 0.235 e. The predicted molar refractivity (Wildman–Crippen MR) is 86.3 cm³/mol. The van der Waals surface area contributed by atoms with Crippen molar-refractivity contribution in [3.8, 4) is 0 Å². The lowest BCUT2D eigenvalue weighted by molar-refractivity contribution is -0.0859. The molecule has 0 spiro atoms. The fourth-order valence-electron chi connectivity index (χ4n) is 3.67. The van der Waals surface area contributed by atoms with Crippen LogP contribution in [0.3, 0.4) is 0 Å². The Hall–Kier alpha value is -0.505. The molecule has 3 nitrogen and oxygen atoms in total. The number of carbonyl (C=O) groups is 1. The Labute approximate surface area is 131 Å². The molecule has 0 aromatic carbocycles.